The van der Waals surface area contributed by atoms with Crippen molar-refractivity contribution in [2.75, 3.05) is 13.6 Å². The number of pyridine rings is 1. The van der Waals surface area contributed by atoms with E-state index in [-0.39, 0.29) is 16.5 Å². The number of carbonyl (C=O) groups is 1. The Morgan fingerprint density at radius 1 is 1.21 bits per heavy atom. The molecule has 0 spiro atoms. The Hall–Kier alpha value is -2.98. The number of benzene rings is 1. The zero-order valence-electron chi connectivity index (χ0n) is 15.5. The lowest BCUT2D eigenvalue weighted by molar-refractivity contribution is 0.0951. The van der Waals surface area contributed by atoms with Crippen LogP contribution in [0, 0.1) is 6.92 Å². The summed E-state index contributed by atoms with van der Waals surface area (Å²) in [5.41, 5.74) is 1.29. The van der Waals surface area contributed by atoms with E-state index in [1.807, 2.05) is 0 Å². The lowest BCUT2D eigenvalue weighted by atomic mass is 10.1. The van der Waals surface area contributed by atoms with Crippen molar-refractivity contribution in [1.29, 1.82) is 0 Å². The number of aromatic nitrogens is 3. The molecule has 0 saturated carbocycles. The fourth-order valence-corrected chi connectivity index (χ4v) is 3.53. The maximum atomic E-state index is 12.4. The van der Waals surface area contributed by atoms with Gasteiger partial charge in [-0.05, 0) is 50.2 Å². The third kappa shape index (κ3) is 3.97. The van der Waals surface area contributed by atoms with E-state index in [1.54, 1.807) is 37.4 Å². The quantitative estimate of drug-likeness (QED) is 0.559. The highest BCUT2D eigenvalue weighted by atomic mass is 32.2. The van der Waals surface area contributed by atoms with Gasteiger partial charge in [0.05, 0.1) is 4.90 Å². The number of nitrogens with one attached hydrogen (secondary N) is 2. The third-order valence-corrected chi connectivity index (χ3v) is 5.77. The largest absolute Gasteiger partial charge is 0.352 e. The molecule has 10 heteroatoms. The lowest BCUT2D eigenvalue weighted by Crippen LogP contribution is -2.28. The first-order valence-corrected chi connectivity index (χ1v) is 10.2. The summed E-state index contributed by atoms with van der Waals surface area (Å²) in [6, 6.07) is 9.70. The highest BCUT2D eigenvalue weighted by Crippen LogP contribution is 2.15. The summed E-state index contributed by atoms with van der Waals surface area (Å²) >= 11 is 0. The fraction of sp³-hybridized carbons (Fsp3) is 0.278. The topological polar surface area (TPSA) is 115 Å². The van der Waals surface area contributed by atoms with Crippen LogP contribution in [-0.4, -0.2) is 42.1 Å². The average molecular weight is 403 g/mol. The molecule has 2 N–H and O–H groups in total. The molecule has 3 rings (SSSR count). The molecular weight excluding hydrogens is 382 g/mol. The first-order valence-electron chi connectivity index (χ1n) is 8.70. The molecule has 9 nitrogen and oxygen atoms in total. The van der Waals surface area contributed by atoms with E-state index < -0.39 is 10.0 Å². The highest BCUT2D eigenvalue weighted by molar-refractivity contribution is 7.89. The molecule has 0 aliphatic rings. The van der Waals surface area contributed by atoms with Crippen molar-refractivity contribution < 1.29 is 13.2 Å². The number of hydrogen-bond donors (Lipinski definition) is 2. The third-order valence-electron chi connectivity index (χ3n) is 4.35. The molecule has 2 heterocycles. The second kappa shape index (κ2) is 7.95. The average Bonchev–Trinajstić information content (AvgIpc) is 3.01. The van der Waals surface area contributed by atoms with Crippen LogP contribution in [0.3, 0.4) is 0 Å². The van der Waals surface area contributed by atoms with Crippen molar-refractivity contribution in [1.82, 2.24) is 24.2 Å². The van der Waals surface area contributed by atoms with Crippen molar-refractivity contribution in [3.05, 3.63) is 64.2 Å². The van der Waals surface area contributed by atoms with Crippen LogP contribution in [0.25, 0.3) is 5.65 Å². The van der Waals surface area contributed by atoms with E-state index in [0.717, 1.165) is 0 Å². The first-order chi connectivity index (χ1) is 13.3. The molecule has 1 amide bonds. The van der Waals surface area contributed by atoms with E-state index in [9.17, 15) is 18.0 Å². The monoisotopic (exact) mass is 403 g/mol. The number of rotatable bonds is 7. The molecule has 0 atom stereocenters. The fourth-order valence-electron chi connectivity index (χ4n) is 2.77. The van der Waals surface area contributed by atoms with Gasteiger partial charge in [0.25, 0.3) is 5.91 Å². The number of carbonyl (C=O) groups excluding carboxylic acids is 1. The zero-order valence-corrected chi connectivity index (χ0v) is 16.4. The molecule has 1 aromatic carbocycles. The summed E-state index contributed by atoms with van der Waals surface area (Å²) in [6.45, 7) is 2.41. The Labute approximate surface area is 162 Å². The van der Waals surface area contributed by atoms with Crippen LogP contribution in [0.5, 0.6) is 0 Å². The number of hydrogen-bond acceptors (Lipinski definition) is 5. The van der Waals surface area contributed by atoms with Gasteiger partial charge in [-0.1, -0.05) is 12.1 Å². The maximum absolute atomic E-state index is 12.4. The maximum Gasteiger partial charge on any atom is 0.350 e. The van der Waals surface area contributed by atoms with Gasteiger partial charge in [-0.2, -0.15) is 0 Å². The van der Waals surface area contributed by atoms with E-state index in [2.05, 4.69) is 15.1 Å². The minimum Gasteiger partial charge on any atom is -0.352 e. The summed E-state index contributed by atoms with van der Waals surface area (Å²) in [5, 5.41) is 6.99. The van der Waals surface area contributed by atoms with Gasteiger partial charge in [-0.15, -0.1) is 5.10 Å². The van der Waals surface area contributed by atoms with Gasteiger partial charge in [-0.25, -0.2) is 22.6 Å². The van der Waals surface area contributed by atoms with Crippen LogP contribution in [0.4, 0.5) is 0 Å². The standard InChI is InChI=1S/C18H21N5O4S/c1-13-7-8-14(28(26,27)19-2)12-15(13)17(24)20-9-5-11-23-18(25)22-10-4-3-6-16(22)21-23/h3-4,6-8,10,12,19H,5,9,11H2,1-2H3,(H,20,24). The minimum atomic E-state index is -3.63. The molecule has 0 radical (unpaired) electrons. The predicted molar refractivity (Wildman–Crippen MR) is 104 cm³/mol. The Bertz CT molecular complexity index is 1180. The summed E-state index contributed by atoms with van der Waals surface area (Å²) in [7, 11) is -2.31. The van der Waals surface area contributed by atoms with E-state index in [4.69, 9.17) is 0 Å². The Kier molecular flexibility index (Phi) is 5.61. The van der Waals surface area contributed by atoms with Crippen LogP contribution in [0.15, 0.2) is 52.3 Å². The number of aryl methyl sites for hydroxylation is 2. The molecular formula is C18H21N5O4S. The molecule has 0 aliphatic heterocycles. The van der Waals surface area contributed by atoms with Crippen LogP contribution in [-0.2, 0) is 16.6 Å². The van der Waals surface area contributed by atoms with Crippen LogP contribution >= 0.6 is 0 Å². The van der Waals surface area contributed by atoms with Gasteiger partial charge in [0.2, 0.25) is 10.0 Å². The number of fused-ring (bicyclic) bond motifs is 1. The van der Waals surface area contributed by atoms with Crippen molar-refractivity contribution in [3.8, 4) is 0 Å². The molecule has 3 aromatic rings. The van der Waals surface area contributed by atoms with Gasteiger partial charge in [0.15, 0.2) is 5.65 Å². The second-order valence-electron chi connectivity index (χ2n) is 6.23. The lowest BCUT2D eigenvalue weighted by Gasteiger charge is -2.10. The number of amides is 1. The molecule has 0 saturated heterocycles. The van der Waals surface area contributed by atoms with E-state index >= 15 is 0 Å². The molecule has 0 unspecified atom stereocenters. The summed E-state index contributed by atoms with van der Waals surface area (Å²) in [4.78, 5) is 24.7. The second-order valence-corrected chi connectivity index (χ2v) is 8.11. The van der Waals surface area contributed by atoms with E-state index in [1.165, 1.54) is 28.3 Å². The Balaban J connectivity index is 1.63. The van der Waals surface area contributed by atoms with Gasteiger partial charge < -0.3 is 5.32 Å². The molecule has 28 heavy (non-hydrogen) atoms. The molecule has 0 fully saturated rings. The van der Waals surface area contributed by atoms with Crippen LogP contribution in [0.1, 0.15) is 22.3 Å². The minimum absolute atomic E-state index is 0.0296. The van der Waals surface area contributed by atoms with Gasteiger partial charge in [0, 0.05) is 24.8 Å². The first kappa shape index (κ1) is 19.8. The molecule has 0 aliphatic carbocycles. The predicted octanol–water partition coefficient (Wildman–Crippen LogP) is 0.533. The van der Waals surface area contributed by atoms with Crippen LogP contribution < -0.4 is 15.7 Å². The summed E-state index contributed by atoms with van der Waals surface area (Å²) < 4.78 is 28.9. The van der Waals surface area contributed by atoms with Crippen molar-refractivity contribution in [2.45, 2.75) is 24.8 Å². The molecule has 0 bridgehead atoms. The number of nitrogens with zero attached hydrogens (tertiary/aromatic N) is 3. The highest BCUT2D eigenvalue weighted by Gasteiger charge is 2.16. The molecule has 2 aromatic heterocycles. The van der Waals surface area contributed by atoms with E-state index in [0.29, 0.717) is 36.3 Å². The normalized spacial score (nSPS) is 11.6. The SMILES string of the molecule is CNS(=O)(=O)c1ccc(C)c(C(=O)NCCCn2nc3ccccn3c2=O)c1. The van der Waals surface area contributed by atoms with Gasteiger partial charge in [-0.3, -0.25) is 9.20 Å². The van der Waals surface area contributed by atoms with Crippen molar-refractivity contribution in [3.63, 3.8) is 0 Å². The summed E-state index contributed by atoms with van der Waals surface area (Å²) in [6.07, 6.45) is 2.15. The smallest absolute Gasteiger partial charge is 0.350 e. The van der Waals surface area contributed by atoms with Gasteiger partial charge >= 0.3 is 5.69 Å². The van der Waals surface area contributed by atoms with Crippen LogP contribution in [0.2, 0.25) is 0 Å². The Morgan fingerprint density at radius 3 is 2.71 bits per heavy atom. The zero-order chi connectivity index (χ0) is 20.3. The van der Waals surface area contributed by atoms with Gasteiger partial charge in [0.1, 0.15) is 0 Å². The van der Waals surface area contributed by atoms with Crippen molar-refractivity contribution in [2.24, 2.45) is 0 Å². The Morgan fingerprint density at radius 2 is 2.00 bits per heavy atom. The number of sulfonamides is 1. The molecule has 148 valence electrons. The van der Waals surface area contributed by atoms with Crippen molar-refractivity contribution >= 4 is 21.6 Å². The summed E-state index contributed by atoms with van der Waals surface area (Å²) in [5.74, 6) is -0.368.